The van der Waals surface area contributed by atoms with Crippen LogP contribution in [0.1, 0.15) is 106 Å². The van der Waals surface area contributed by atoms with Gasteiger partial charge in [-0.15, -0.1) is 0 Å². The minimum absolute atomic E-state index is 0.115. The van der Waals surface area contributed by atoms with Gasteiger partial charge in [0.1, 0.15) is 5.78 Å². The molecule has 0 aliphatic rings. The Morgan fingerprint density at radius 1 is 0.750 bits per heavy atom. The van der Waals surface area contributed by atoms with Gasteiger partial charge in [0.2, 0.25) is 0 Å². The third kappa shape index (κ3) is 12.5. The molecule has 0 aromatic heterocycles. The largest absolute Gasteiger partial charge is 0.466 e. The van der Waals surface area contributed by atoms with Crippen LogP contribution < -0.4 is 0 Å². The highest BCUT2D eigenvalue weighted by molar-refractivity contribution is 5.78. The van der Waals surface area contributed by atoms with Crippen molar-refractivity contribution >= 4 is 11.8 Å². The number of Topliss-reactive ketones (excluding diaryl/α,β-unsaturated/α-hetero) is 1. The average Bonchev–Trinajstić information content (AvgIpc) is 2.45. The van der Waals surface area contributed by atoms with E-state index in [1.54, 1.807) is 0 Å². The van der Waals surface area contributed by atoms with Crippen LogP contribution in [0.2, 0.25) is 0 Å². The predicted octanol–water partition coefficient (Wildman–Crippen LogP) is 6.09. The summed E-state index contributed by atoms with van der Waals surface area (Å²) in [6, 6.07) is 0. The van der Waals surface area contributed by atoms with Crippen molar-refractivity contribution in [2.24, 2.45) is 10.8 Å². The molecule has 0 unspecified atom stereocenters. The highest BCUT2D eigenvalue weighted by Crippen LogP contribution is 2.26. The van der Waals surface area contributed by atoms with Crippen molar-refractivity contribution in [1.29, 1.82) is 0 Å². The molecule has 0 amide bonds. The Kier molecular flexibility index (Phi) is 11.2. The number of hydrogen-bond donors (Lipinski definition) is 0. The van der Waals surface area contributed by atoms with Crippen LogP contribution in [0.5, 0.6) is 0 Å². The first-order chi connectivity index (χ1) is 11.1. The Bertz CT molecular complexity index is 364. The lowest BCUT2D eigenvalue weighted by Crippen LogP contribution is -2.26. The van der Waals surface area contributed by atoms with Crippen molar-refractivity contribution in [3.63, 3.8) is 0 Å². The topological polar surface area (TPSA) is 43.4 Å². The van der Waals surface area contributed by atoms with Crippen LogP contribution in [0.3, 0.4) is 0 Å². The SMILES string of the molecule is CCOC(=O)C(C)(C)CCCCCC(=O)CCCCCC(C)(C)C. The zero-order chi connectivity index (χ0) is 18.6. The summed E-state index contributed by atoms with van der Waals surface area (Å²) in [6.07, 6.45) is 9.84. The smallest absolute Gasteiger partial charge is 0.311 e. The zero-order valence-corrected chi connectivity index (χ0v) is 17.0. The molecular formula is C21H40O3. The second-order valence-corrected chi connectivity index (χ2v) is 8.83. The summed E-state index contributed by atoms with van der Waals surface area (Å²) < 4.78 is 5.09. The van der Waals surface area contributed by atoms with Crippen molar-refractivity contribution in [2.75, 3.05) is 6.61 Å². The van der Waals surface area contributed by atoms with Crippen molar-refractivity contribution in [3.05, 3.63) is 0 Å². The summed E-state index contributed by atoms with van der Waals surface area (Å²) in [4.78, 5) is 23.7. The third-order valence-corrected chi connectivity index (χ3v) is 4.47. The fraction of sp³-hybridized carbons (Fsp3) is 0.905. The van der Waals surface area contributed by atoms with E-state index < -0.39 is 5.41 Å². The number of unbranched alkanes of at least 4 members (excludes halogenated alkanes) is 4. The van der Waals surface area contributed by atoms with Gasteiger partial charge in [-0.3, -0.25) is 9.59 Å². The lowest BCUT2D eigenvalue weighted by atomic mass is 9.87. The van der Waals surface area contributed by atoms with E-state index in [2.05, 4.69) is 20.8 Å². The van der Waals surface area contributed by atoms with Crippen LogP contribution >= 0.6 is 0 Å². The summed E-state index contributed by atoms with van der Waals surface area (Å²) >= 11 is 0. The molecule has 0 saturated carbocycles. The molecule has 0 N–H and O–H groups in total. The van der Waals surface area contributed by atoms with Gasteiger partial charge in [0.15, 0.2) is 0 Å². The predicted molar refractivity (Wildman–Crippen MR) is 101 cm³/mol. The Hall–Kier alpha value is -0.860. The Balaban J connectivity index is 3.64. The second kappa shape index (κ2) is 11.7. The molecule has 0 aliphatic carbocycles. The normalized spacial score (nSPS) is 12.2. The van der Waals surface area contributed by atoms with Gasteiger partial charge in [-0.2, -0.15) is 0 Å². The maximum absolute atomic E-state index is 11.9. The van der Waals surface area contributed by atoms with Gasteiger partial charge in [-0.05, 0) is 51.9 Å². The van der Waals surface area contributed by atoms with E-state index >= 15 is 0 Å². The minimum Gasteiger partial charge on any atom is -0.466 e. The average molecular weight is 341 g/mol. The molecular weight excluding hydrogens is 300 g/mol. The van der Waals surface area contributed by atoms with Gasteiger partial charge < -0.3 is 4.74 Å². The maximum Gasteiger partial charge on any atom is 0.311 e. The molecule has 0 spiro atoms. The number of rotatable bonds is 13. The van der Waals surface area contributed by atoms with Gasteiger partial charge in [0, 0.05) is 12.8 Å². The van der Waals surface area contributed by atoms with E-state index in [1.807, 2.05) is 20.8 Å². The van der Waals surface area contributed by atoms with Crippen molar-refractivity contribution in [3.8, 4) is 0 Å². The number of carbonyl (C=O) groups excluding carboxylic acids is 2. The fourth-order valence-electron chi connectivity index (χ4n) is 2.77. The molecule has 0 saturated heterocycles. The Labute approximate surface area is 149 Å². The summed E-state index contributed by atoms with van der Waals surface area (Å²) in [5, 5.41) is 0. The number of ketones is 1. The van der Waals surface area contributed by atoms with Crippen LogP contribution in [0, 0.1) is 10.8 Å². The van der Waals surface area contributed by atoms with E-state index in [4.69, 9.17) is 4.74 Å². The number of hydrogen-bond acceptors (Lipinski definition) is 3. The quantitative estimate of drug-likeness (QED) is 0.301. The van der Waals surface area contributed by atoms with Gasteiger partial charge in [-0.25, -0.2) is 0 Å². The van der Waals surface area contributed by atoms with Gasteiger partial charge in [-0.1, -0.05) is 46.5 Å². The van der Waals surface area contributed by atoms with E-state index in [-0.39, 0.29) is 5.97 Å². The molecule has 0 radical (unpaired) electrons. The van der Waals surface area contributed by atoms with Gasteiger partial charge in [0.05, 0.1) is 12.0 Å². The van der Waals surface area contributed by atoms with Gasteiger partial charge in [0.25, 0.3) is 0 Å². The molecule has 3 heteroatoms. The summed E-state index contributed by atoms with van der Waals surface area (Å²) in [6.45, 7) is 12.9. The first kappa shape index (κ1) is 23.1. The second-order valence-electron chi connectivity index (χ2n) is 8.83. The summed E-state index contributed by atoms with van der Waals surface area (Å²) in [7, 11) is 0. The molecule has 0 atom stereocenters. The van der Waals surface area contributed by atoms with Gasteiger partial charge >= 0.3 is 5.97 Å². The van der Waals surface area contributed by atoms with Crippen LogP contribution in [0.25, 0.3) is 0 Å². The van der Waals surface area contributed by atoms with E-state index in [9.17, 15) is 9.59 Å². The van der Waals surface area contributed by atoms with Crippen LogP contribution in [0.15, 0.2) is 0 Å². The monoisotopic (exact) mass is 340 g/mol. The highest BCUT2D eigenvalue weighted by atomic mass is 16.5. The molecule has 0 bridgehead atoms. The first-order valence-corrected chi connectivity index (χ1v) is 9.77. The molecule has 0 aromatic carbocycles. The van der Waals surface area contributed by atoms with Crippen molar-refractivity contribution in [2.45, 2.75) is 106 Å². The van der Waals surface area contributed by atoms with E-state index in [0.29, 0.717) is 24.2 Å². The molecule has 0 aliphatic heterocycles. The van der Waals surface area contributed by atoms with Crippen LogP contribution in [-0.2, 0) is 14.3 Å². The lowest BCUT2D eigenvalue weighted by Gasteiger charge is -2.21. The Morgan fingerprint density at radius 3 is 1.71 bits per heavy atom. The molecule has 142 valence electrons. The summed E-state index contributed by atoms with van der Waals surface area (Å²) in [5.74, 6) is 0.284. The number of carbonyl (C=O) groups is 2. The fourth-order valence-corrected chi connectivity index (χ4v) is 2.77. The maximum atomic E-state index is 11.9. The minimum atomic E-state index is -0.410. The van der Waals surface area contributed by atoms with Crippen molar-refractivity contribution in [1.82, 2.24) is 0 Å². The lowest BCUT2D eigenvalue weighted by molar-refractivity contribution is -0.153. The molecule has 0 aromatic rings. The van der Waals surface area contributed by atoms with E-state index in [0.717, 1.165) is 44.9 Å². The Morgan fingerprint density at radius 2 is 1.25 bits per heavy atom. The molecule has 0 fully saturated rings. The summed E-state index contributed by atoms with van der Waals surface area (Å²) in [5.41, 5.74) is -0.00554. The molecule has 3 nitrogen and oxygen atoms in total. The van der Waals surface area contributed by atoms with Crippen LogP contribution in [-0.4, -0.2) is 18.4 Å². The molecule has 24 heavy (non-hydrogen) atoms. The van der Waals surface area contributed by atoms with Crippen molar-refractivity contribution < 1.29 is 14.3 Å². The van der Waals surface area contributed by atoms with E-state index in [1.165, 1.54) is 12.8 Å². The molecule has 0 heterocycles. The molecule has 0 rings (SSSR count). The zero-order valence-electron chi connectivity index (χ0n) is 17.0. The highest BCUT2D eigenvalue weighted by Gasteiger charge is 2.28. The number of esters is 1. The first-order valence-electron chi connectivity index (χ1n) is 9.77. The number of ether oxygens (including phenoxy) is 1. The standard InChI is InChI=1S/C21H40O3/c1-7-24-19(23)21(5,6)17-13-9-11-15-18(22)14-10-8-12-16-20(2,3)4/h7-17H2,1-6H3. The van der Waals surface area contributed by atoms with Crippen LogP contribution in [0.4, 0.5) is 0 Å². The third-order valence-electron chi connectivity index (χ3n) is 4.47.